The number of hydrogen-bond donors (Lipinski definition) is 3. The van der Waals surface area contributed by atoms with Crippen molar-refractivity contribution >= 4 is 29.5 Å². The molecule has 2 unspecified atom stereocenters. The molecular formula is C28H31N3O7. The van der Waals surface area contributed by atoms with Gasteiger partial charge in [0, 0.05) is 30.3 Å². The molecule has 2 aliphatic carbocycles. The Morgan fingerprint density at radius 2 is 1.92 bits per heavy atom. The van der Waals surface area contributed by atoms with Crippen LogP contribution in [-0.2, 0) is 37.7 Å². The summed E-state index contributed by atoms with van der Waals surface area (Å²) in [6, 6.07) is 14.4. The van der Waals surface area contributed by atoms with Gasteiger partial charge in [-0.1, -0.05) is 36.4 Å². The highest BCUT2D eigenvalue weighted by Crippen LogP contribution is 2.46. The Hall–Kier alpha value is -3.76. The summed E-state index contributed by atoms with van der Waals surface area (Å²) in [6.45, 7) is 1.29. The number of ether oxygens (including phenoxy) is 1. The molecule has 10 nitrogen and oxygen atoms in total. The molecule has 4 amide bonds. The Balaban J connectivity index is 1.33. The van der Waals surface area contributed by atoms with Gasteiger partial charge in [-0.05, 0) is 55.4 Å². The molecule has 0 aromatic heterocycles. The average molecular weight is 522 g/mol. The van der Waals surface area contributed by atoms with Crippen LogP contribution in [0.1, 0.15) is 42.9 Å². The third-order valence-corrected chi connectivity index (χ3v) is 7.71. The monoisotopic (exact) mass is 521 g/mol. The SMILES string of the molecule is C[C@@H](C1CC1)N(Cc1ccccc1)C(=O)CN1C(=O)OC2(CCc3cc(NC(=O)C(O)CO)ccc32)C1=O. The summed E-state index contributed by atoms with van der Waals surface area (Å²) in [5, 5.41) is 21.0. The lowest BCUT2D eigenvalue weighted by atomic mass is 9.94. The molecule has 1 saturated carbocycles. The minimum atomic E-state index is -1.55. The summed E-state index contributed by atoms with van der Waals surface area (Å²) < 4.78 is 5.66. The first kappa shape index (κ1) is 25.9. The van der Waals surface area contributed by atoms with Crippen molar-refractivity contribution in [1.29, 1.82) is 0 Å². The Kier molecular flexibility index (Phi) is 6.93. The van der Waals surface area contributed by atoms with Crippen LogP contribution in [0.25, 0.3) is 0 Å². The van der Waals surface area contributed by atoms with Crippen LogP contribution >= 0.6 is 0 Å². The summed E-state index contributed by atoms with van der Waals surface area (Å²) in [5.41, 5.74) is 1.07. The van der Waals surface area contributed by atoms with Crippen LogP contribution < -0.4 is 5.32 Å². The maximum atomic E-state index is 13.6. The second-order valence-corrected chi connectivity index (χ2v) is 10.2. The number of benzene rings is 2. The number of nitrogens with zero attached hydrogens (tertiary/aromatic N) is 2. The molecule has 1 aliphatic heterocycles. The van der Waals surface area contributed by atoms with Gasteiger partial charge in [0.2, 0.25) is 11.5 Å². The van der Waals surface area contributed by atoms with Crippen LogP contribution in [0.4, 0.5) is 10.5 Å². The molecule has 0 bridgehead atoms. The summed E-state index contributed by atoms with van der Waals surface area (Å²) in [5.74, 6) is -1.23. The van der Waals surface area contributed by atoms with Gasteiger partial charge >= 0.3 is 6.09 Å². The first-order valence-electron chi connectivity index (χ1n) is 12.8. The molecule has 3 aliphatic rings. The van der Waals surface area contributed by atoms with Crippen LogP contribution in [-0.4, -0.2) is 69.1 Å². The number of nitrogens with one attached hydrogen (secondary N) is 1. The maximum absolute atomic E-state index is 13.6. The van der Waals surface area contributed by atoms with Gasteiger partial charge in [-0.15, -0.1) is 0 Å². The lowest BCUT2D eigenvalue weighted by Crippen LogP contribution is -2.47. The van der Waals surface area contributed by atoms with E-state index in [-0.39, 0.29) is 18.4 Å². The quantitative estimate of drug-likeness (QED) is 0.459. The Labute approximate surface area is 220 Å². The minimum absolute atomic E-state index is 0.0180. The first-order chi connectivity index (χ1) is 18.2. The summed E-state index contributed by atoms with van der Waals surface area (Å²) in [6.07, 6.45) is 0.333. The lowest BCUT2D eigenvalue weighted by Gasteiger charge is -2.30. The standard InChI is InChI=1S/C28H31N3O7/c1-17(19-7-8-19)30(14-18-5-3-2-4-6-18)24(34)15-31-26(36)28(38-27(31)37)12-11-20-13-21(9-10-22(20)28)29-25(35)23(33)16-32/h2-6,9-10,13,17,19,23,32-33H,7-8,11-12,14-16H2,1H3,(H,29,35)/t17-,23?,28?/m0/s1. The van der Waals surface area contributed by atoms with Gasteiger partial charge in [-0.2, -0.15) is 0 Å². The molecule has 10 heteroatoms. The Bertz CT molecular complexity index is 1260. The smallest absolute Gasteiger partial charge is 0.418 e. The molecule has 3 atom stereocenters. The molecule has 5 rings (SSSR count). The van der Waals surface area contributed by atoms with Crippen molar-refractivity contribution in [1.82, 2.24) is 9.80 Å². The zero-order valence-corrected chi connectivity index (χ0v) is 21.1. The second kappa shape index (κ2) is 10.2. The number of imide groups is 1. The number of anilines is 1. The highest BCUT2D eigenvalue weighted by Gasteiger charge is 2.58. The normalized spacial score (nSPS) is 21.7. The van der Waals surface area contributed by atoms with Crippen molar-refractivity contribution in [3.8, 4) is 0 Å². The number of amides is 4. The van der Waals surface area contributed by atoms with E-state index in [0.717, 1.165) is 23.3 Å². The van der Waals surface area contributed by atoms with E-state index in [0.29, 0.717) is 35.7 Å². The molecule has 2 aromatic carbocycles. The van der Waals surface area contributed by atoms with E-state index in [1.54, 1.807) is 23.1 Å². The van der Waals surface area contributed by atoms with Crippen LogP contribution in [0, 0.1) is 5.92 Å². The van der Waals surface area contributed by atoms with Crippen molar-refractivity contribution < 1.29 is 34.1 Å². The largest absolute Gasteiger partial charge is 0.427 e. The molecule has 1 spiro atoms. The average Bonchev–Trinajstić information content (AvgIpc) is 3.67. The van der Waals surface area contributed by atoms with Crippen LogP contribution in [0.15, 0.2) is 48.5 Å². The fourth-order valence-electron chi connectivity index (χ4n) is 5.34. The maximum Gasteiger partial charge on any atom is 0.418 e. The number of carbonyl (C=O) groups is 4. The number of aliphatic hydroxyl groups is 2. The van der Waals surface area contributed by atoms with Gasteiger partial charge in [0.1, 0.15) is 6.54 Å². The first-order valence-corrected chi connectivity index (χ1v) is 12.8. The summed E-state index contributed by atoms with van der Waals surface area (Å²) >= 11 is 0. The third-order valence-electron chi connectivity index (χ3n) is 7.71. The molecule has 2 fully saturated rings. The Morgan fingerprint density at radius 3 is 2.61 bits per heavy atom. The van der Waals surface area contributed by atoms with E-state index in [2.05, 4.69) is 5.32 Å². The van der Waals surface area contributed by atoms with Crippen LogP contribution in [0.3, 0.4) is 0 Å². The molecular weight excluding hydrogens is 490 g/mol. The molecule has 38 heavy (non-hydrogen) atoms. The second-order valence-electron chi connectivity index (χ2n) is 10.2. The fraction of sp³-hybridized carbons (Fsp3) is 0.429. The third kappa shape index (κ3) is 4.77. The van der Waals surface area contributed by atoms with E-state index < -0.39 is 42.8 Å². The van der Waals surface area contributed by atoms with E-state index in [1.165, 1.54) is 0 Å². The predicted octanol–water partition coefficient (Wildman–Crippen LogP) is 1.93. The summed E-state index contributed by atoms with van der Waals surface area (Å²) in [7, 11) is 0. The molecule has 1 saturated heterocycles. The number of hydrogen-bond acceptors (Lipinski definition) is 7. The number of aryl methyl sites for hydroxylation is 1. The number of aliphatic hydroxyl groups excluding tert-OH is 2. The van der Waals surface area contributed by atoms with E-state index in [4.69, 9.17) is 9.84 Å². The van der Waals surface area contributed by atoms with Gasteiger partial charge in [-0.3, -0.25) is 14.4 Å². The van der Waals surface area contributed by atoms with E-state index in [1.807, 2.05) is 37.3 Å². The number of fused-ring (bicyclic) bond motifs is 2. The van der Waals surface area contributed by atoms with Crippen molar-refractivity contribution in [2.45, 2.75) is 56.9 Å². The number of rotatable bonds is 9. The van der Waals surface area contributed by atoms with Crippen molar-refractivity contribution in [2.75, 3.05) is 18.5 Å². The van der Waals surface area contributed by atoms with Gasteiger partial charge in [0.15, 0.2) is 6.10 Å². The van der Waals surface area contributed by atoms with Crippen molar-refractivity contribution in [2.24, 2.45) is 5.92 Å². The molecule has 1 heterocycles. The highest BCUT2D eigenvalue weighted by molar-refractivity contribution is 6.06. The van der Waals surface area contributed by atoms with Gasteiger partial charge in [-0.25, -0.2) is 9.69 Å². The molecule has 200 valence electrons. The van der Waals surface area contributed by atoms with Crippen molar-refractivity contribution in [3.05, 3.63) is 65.2 Å². The molecule has 2 aromatic rings. The van der Waals surface area contributed by atoms with Crippen molar-refractivity contribution in [3.63, 3.8) is 0 Å². The van der Waals surface area contributed by atoms with Gasteiger partial charge in [0.05, 0.1) is 6.61 Å². The number of carbonyl (C=O) groups excluding carboxylic acids is 4. The predicted molar refractivity (Wildman–Crippen MR) is 136 cm³/mol. The Morgan fingerprint density at radius 1 is 1.18 bits per heavy atom. The highest BCUT2D eigenvalue weighted by atomic mass is 16.6. The van der Waals surface area contributed by atoms with Gasteiger partial charge in [0.25, 0.3) is 11.8 Å². The molecule has 3 N–H and O–H groups in total. The van der Waals surface area contributed by atoms with Gasteiger partial charge < -0.3 is 25.2 Å². The fourth-order valence-corrected chi connectivity index (χ4v) is 5.34. The minimum Gasteiger partial charge on any atom is -0.427 e. The lowest BCUT2D eigenvalue weighted by molar-refractivity contribution is -0.143. The van der Waals surface area contributed by atoms with E-state index >= 15 is 0 Å². The van der Waals surface area contributed by atoms with Crippen LogP contribution in [0.5, 0.6) is 0 Å². The summed E-state index contributed by atoms with van der Waals surface area (Å²) in [4.78, 5) is 54.6. The topological polar surface area (TPSA) is 136 Å². The zero-order valence-electron chi connectivity index (χ0n) is 21.1. The molecule has 0 radical (unpaired) electrons. The van der Waals surface area contributed by atoms with Crippen LogP contribution in [0.2, 0.25) is 0 Å². The zero-order chi connectivity index (χ0) is 27.0. The van der Waals surface area contributed by atoms with E-state index in [9.17, 15) is 24.3 Å².